The number of nitrogens with two attached hydrogens (primary N) is 1. The van der Waals surface area contributed by atoms with Gasteiger partial charge in [-0.25, -0.2) is 8.78 Å². The summed E-state index contributed by atoms with van der Waals surface area (Å²) in [5.74, 6) is 3.09. The molecule has 0 aliphatic carbocycles. The van der Waals surface area contributed by atoms with Gasteiger partial charge in [-0.3, -0.25) is 29.9 Å². The number of nitro groups is 1. The fraction of sp³-hybridized carbons (Fsp3) is 0.184. The van der Waals surface area contributed by atoms with E-state index >= 15 is 0 Å². The molecule has 5 aromatic carbocycles. The topological polar surface area (TPSA) is 259 Å². The number of carbonyl (C=O) groups excluding carboxylic acids is 1. The van der Waals surface area contributed by atoms with Crippen LogP contribution in [-0.2, 0) is 9.68 Å². The zero-order chi connectivity index (χ0) is 53.3. The van der Waals surface area contributed by atoms with Gasteiger partial charge in [-0.2, -0.15) is 0 Å². The molecule has 8 aromatic rings. The molecular formula is C49H38Cl3F2K2N5O16. The number of halogens is 5. The number of fused-ring (bicyclic) bond motifs is 9. The maximum atomic E-state index is 14.4. The number of nitrogen functional groups attached to an aromatic ring is 1. The predicted molar refractivity (Wildman–Crippen MR) is 265 cm³/mol. The average Bonchev–Trinajstić information content (AvgIpc) is 3.45. The number of ether oxygens (including phenoxy) is 11. The van der Waals surface area contributed by atoms with Gasteiger partial charge in [0, 0.05) is 55.0 Å². The average molecular weight is 1180 g/mol. The van der Waals surface area contributed by atoms with E-state index in [0.717, 1.165) is 23.0 Å². The molecule has 28 heteroatoms. The molecule has 2 N–H and O–H groups in total. The van der Waals surface area contributed by atoms with E-state index in [9.17, 15) is 18.9 Å². The number of hydrogen-bond donors (Lipinski definition) is 1. The molecule has 0 atom stereocenters. The maximum Gasteiger partial charge on any atom is 1.00 e. The van der Waals surface area contributed by atoms with Gasteiger partial charge in [0.25, 0.3) is 12.2 Å². The summed E-state index contributed by atoms with van der Waals surface area (Å²) in [7, 11) is 4.61. The van der Waals surface area contributed by atoms with Crippen LogP contribution in [0.3, 0.4) is 0 Å². The van der Waals surface area contributed by atoms with Gasteiger partial charge in [0.1, 0.15) is 56.2 Å². The number of pyridine rings is 3. The van der Waals surface area contributed by atoms with E-state index in [2.05, 4.69) is 19.8 Å². The Labute approximate surface area is 536 Å². The van der Waals surface area contributed by atoms with Gasteiger partial charge in [-0.15, -0.1) is 0 Å². The standard InChI is InChI=1S/C18H12ClFN2O6.C18H14ClFN2O4.C12H10ClNO3.CH2O3.2K.H/c1-25-15-8-11-16(18-17(15)26-4-5-27-18)13(2-3-21-11)28-14-6-9(19)12(22(23)24)7-10(14)20;1-23-15-8-12-16(18-17(15)24-4-5-25-18)13(2-3-22-12)26-14-6-9(19)11(21)7-10(14)20;1-15-9-6-8-10(7(13)2-3-14-8)12-11(9)16-4-5-17-12;2-1-4-3;;;/h2-3,6-8H,4-5H2,1H3;2-3,6-8H,4-5,21H2,1H3;2-3,6H,4-5H2,1H3;1,3H;;;/q;;;;2*+1;-1/p-1. The molecule has 0 fully saturated rings. The molecule has 0 amide bonds. The number of rotatable bonds is 9. The van der Waals surface area contributed by atoms with Crippen molar-refractivity contribution in [2.24, 2.45) is 0 Å². The van der Waals surface area contributed by atoms with Gasteiger partial charge < -0.3 is 69.4 Å². The number of aromatic nitrogens is 3. The van der Waals surface area contributed by atoms with Gasteiger partial charge in [0.05, 0.1) is 80.8 Å². The molecule has 0 saturated carbocycles. The molecule has 0 bridgehead atoms. The Bertz CT molecular complexity index is 3490. The molecule has 77 heavy (non-hydrogen) atoms. The minimum absolute atomic E-state index is 0. The third kappa shape index (κ3) is 13.6. The number of benzene rings is 5. The molecule has 0 saturated heterocycles. The monoisotopic (exact) mass is 1170 g/mol. The van der Waals surface area contributed by atoms with Crippen LogP contribution in [0.1, 0.15) is 1.43 Å². The summed E-state index contributed by atoms with van der Waals surface area (Å²) in [6.07, 6.45) is 4.67. The smallest absolute Gasteiger partial charge is 1.00 e. The minimum atomic E-state index is -0.930. The van der Waals surface area contributed by atoms with Gasteiger partial charge in [-0.05, 0) is 18.2 Å². The van der Waals surface area contributed by atoms with Crippen LogP contribution < -0.4 is 166 Å². The second-order valence-electron chi connectivity index (χ2n) is 15.1. The number of carbonyl (C=O) groups is 1. The van der Waals surface area contributed by atoms with Gasteiger partial charge in [0.15, 0.2) is 57.6 Å². The number of nitro benzene ring substituents is 1. The zero-order valence-corrected chi connectivity index (χ0v) is 49.6. The van der Waals surface area contributed by atoms with Crippen molar-refractivity contribution >= 4 is 85.4 Å². The first-order chi connectivity index (χ1) is 36.3. The summed E-state index contributed by atoms with van der Waals surface area (Å²) in [5, 5.41) is 21.6. The molecular weight excluding hydrogens is 1140 g/mol. The van der Waals surface area contributed by atoms with Crippen LogP contribution in [0.2, 0.25) is 15.1 Å². The molecule has 21 nitrogen and oxygen atoms in total. The maximum absolute atomic E-state index is 14.4. The summed E-state index contributed by atoms with van der Waals surface area (Å²) in [6.45, 7) is 2.24. The van der Waals surface area contributed by atoms with Crippen molar-refractivity contribution in [3.05, 3.63) is 116 Å². The fourth-order valence-corrected chi connectivity index (χ4v) is 8.15. The first kappa shape index (κ1) is 61.0. The van der Waals surface area contributed by atoms with Crippen LogP contribution in [-0.4, -0.2) is 87.3 Å². The van der Waals surface area contributed by atoms with E-state index in [4.69, 9.17) is 103 Å². The summed E-state index contributed by atoms with van der Waals surface area (Å²) in [5.41, 5.74) is 6.97. The van der Waals surface area contributed by atoms with Crippen LogP contribution in [0.4, 0.5) is 20.2 Å². The van der Waals surface area contributed by atoms with Gasteiger partial charge in [-0.1, -0.05) is 34.8 Å². The van der Waals surface area contributed by atoms with Crippen molar-refractivity contribution < 1.29 is 185 Å². The second-order valence-corrected chi connectivity index (χ2v) is 16.3. The van der Waals surface area contributed by atoms with E-state index in [0.29, 0.717) is 130 Å². The Morgan fingerprint density at radius 2 is 0.922 bits per heavy atom. The molecule has 3 aliphatic heterocycles. The van der Waals surface area contributed by atoms with E-state index < -0.39 is 22.2 Å². The van der Waals surface area contributed by atoms with Gasteiger partial charge >= 0.3 is 103 Å². The summed E-state index contributed by atoms with van der Waals surface area (Å²) >= 11 is 18.0. The Morgan fingerprint density at radius 3 is 1.32 bits per heavy atom. The molecule has 3 aromatic heterocycles. The third-order valence-corrected chi connectivity index (χ3v) is 11.6. The van der Waals surface area contributed by atoms with Crippen LogP contribution in [0.5, 0.6) is 74.7 Å². The van der Waals surface area contributed by atoms with Crippen LogP contribution in [0.25, 0.3) is 32.7 Å². The Morgan fingerprint density at radius 1 is 0.558 bits per heavy atom. The van der Waals surface area contributed by atoms with Crippen molar-refractivity contribution in [2.45, 2.75) is 0 Å². The SMILES string of the molecule is COc1cc2nccc(Cl)c2c2c1OCCO2.COc1cc2nccc(Oc3cc(Cl)c(N)cc3F)c2c2c1OCCO2.COc1cc2nccc(Oc3cc(Cl)c([N+](=O)[O-])cc3F)c2c2c1OCCO2.O=CO[O-].[H-].[K+].[K+]. The first-order valence-electron chi connectivity index (χ1n) is 21.7. The zero-order valence-electron chi connectivity index (χ0n) is 42.1. The molecule has 3 aliphatic rings. The third-order valence-electron chi connectivity index (χ3n) is 10.7. The molecule has 0 unspecified atom stereocenters. The summed E-state index contributed by atoms with van der Waals surface area (Å²) in [4.78, 5) is 34.2. The van der Waals surface area contributed by atoms with Crippen molar-refractivity contribution in [3.8, 4) is 74.7 Å². The van der Waals surface area contributed by atoms with E-state index in [-0.39, 0.29) is 144 Å². The van der Waals surface area contributed by atoms with E-state index in [1.54, 1.807) is 49.8 Å². The molecule has 392 valence electrons. The molecule has 11 rings (SSSR count). The Kier molecular flexibility index (Phi) is 22.2. The summed E-state index contributed by atoms with van der Waals surface area (Å²) in [6, 6.07) is 14.2. The van der Waals surface area contributed by atoms with Crippen LogP contribution in [0, 0.1) is 21.7 Å². The minimum Gasteiger partial charge on any atom is -1.00 e. The first-order valence-corrected chi connectivity index (χ1v) is 22.8. The van der Waals surface area contributed by atoms with Gasteiger partial charge in [0.2, 0.25) is 17.2 Å². The molecule has 0 radical (unpaired) electrons. The quantitative estimate of drug-likeness (QED) is 0.0536. The number of nitrogens with zero attached hydrogens (tertiary/aromatic N) is 4. The van der Waals surface area contributed by atoms with Crippen LogP contribution >= 0.6 is 34.8 Å². The van der Waals surface area contributed by atoms with E-state index in [1.807, 2.05) is 0 Å². The number of anilines is 1. The predicted octanol–water partition coefficient (Wildman–Crippen LogP) is 3.91. The molecule has 0 spiro atoms. The van der Waals surface area contributed by atoms with Crippen LogP contribution in [0.15, 0.2) is 79.3 Å². The Balaban J connectivity index is 0.000000209. The normalized spacial score (nSPS) is 12.3. The number of hydrogen-bond acceptors (Lipinski definition) is 20. The van der Waals surface area contributed by atoms with Crippen molar-refractivity contribution in [2.75, 3.05) is 66.7 Å². The second kappa shape index (κ2) is 28.1. The Hall–Kier alpha value is -5.24. The fourth-order valence-electron chi connectivity index (χ4n) is 7.53. The van der Waals surface area contributed by atoms with E-state index in [1.165, 1.54) is 32.5 Å². The number of methoxy groups -OCH3 is 3. The van der Waals surface area contributed by atoms with Crippen molar-refractivity contribution in [1.29, 1.82) is 0 Å². The largest absolute Gasteiger partial charge is 1.00 e. The summed E-state index contributed by atoms with van der Waals surface area (Å²) < 4.78 is 90.0. The van der Waals surface area contributed by atoms with Crippen molar-refractivity contribution in [1.82, 2.24) is 15.0 Å². The molecule has 6 heterocycles. The van der Waals surface area contributed by atoms with Crippen molar-refractivity contribution in [3.63, 3.8) is 0 Å².